The number of nitrogens with zero attached hydrogens (tertiary/aromatic N) is 3. The Morgan fingerprint density at radius 3 is 2.11 bits per heavy atom. The Labute approximate surface area is 108 Å². The Morgan fingerprint density at radius 2 is 1.72 bits per heavy atom. The van der Waals surface area contributed by atoms with Crippen LogP contribution in [-0.2, 0) is 10.0 Å². The van der Waals surface area contributed by atoms with Gasteiger partial charge in [-0.15, -0.1) is 0 Å². The highest BCUT2D eigenvalue weighted by Gasteiger charge is 2.28. The van der Waals surface area contributed by atoms with Crippen molar-refractivity contribution in [2.75, 3.05) is 12.3 Å². The number of nitrogen functional groups attached to an aromatic ring is 1. The van der Waals surface area contributed by atoms with Crippen LogP contribution in [0.3, 0.4) is 0 Å². The lowest BCUT2D eigenvalue weighted by atomic mass is 10.2. The summed E-state index contributed by atoms with van der Waals surface area (Å²) in [6.07, 6.45) is 2.49. The van der Waals surface area contributed by atoms with Gasteiger partial charge in [-0.05, 0) is 19.8 Å². The number of rotatable bonds is 5. The molecule has 0 spiro atoms. The molecule has 0 aromatic carbocycles. The molecule has 18 heavy (non-hydrogen) atoms. The van der Waals surface area contributed by atoms with Gasteiger partial charge in [-0.3, -0.25) is 0 Å². The van der Waals surface area contributed by atoms with Gasteiger partial charge in [0.25, 0.3) is 0 Å². The fraction of sp³-hybridized carbons (Fsp3) is 0.636. The first-order chi connectivity index (χ1) is 8.25. The number of hydrogen-bond donors (Lipinski definition) is 1. The van der Waals surface area contributed by atoms with Gasteiger partial charge in [-0.2, -0.15) is 4.31 Å². The molecule has 6 nitrogen and oxygen atoms in total. The van der Waals surface area contributed by atoms with Crippen LogP contribution in [0.4, 0.5) is 5.95 Å². The summed E-state index contributed by atoms with van der Waals surface area (Å²) < 4.78 is 26.3. The average molecular weight is 272 g/mol. The van der Waals surface area contributed by atoms with Crippen LogP contribution in [0.1, 0.15) is 27.7 Å². The van der Waals surface area contributed by atoms with E-state index in [1.165, 1.54) is 16.7 Å². The van der Waals surface area contributed by atoms with Crippen LogP contribution in [0.5, 0.6) is 0 Å². The number of sulfonamides is 1. The normalized spacial score (nSPS) is 12.6. The molecule has 0 amide bonds. The maximum Gasteiger partial charge on any atom is 0.246 e. The Bertz CT molecular complexity index is 482. The average Bonchev–Trinajstić information content (AvgIpc) is 2.25. The summed E-state index contributed by atoms with van der Waals surface area (Å²) in [5.41, 5.74) is 5.36. The second kappa shape index (κ2) is 5.62. The number of hydrogen-bond acceptors (Lipinski definition) is 5. The number of anilines is 1. The molecule has 1 aromatic rings. The van der Waals surface area contributed by atoms with E-state index in [1.807, 2.05) is 27.7 Å². The summed E-state index contributed by atoms with van der Waals surface area (Å²) in [5.74, 6) is 0.311. The van der Waals surface area contributed by atoms with Crippen LogP contribution >= 0.6 is 0 Å². The Hall–Kier alpha value is -1.21. The molecule has 0 fully saturated rings. The predicted molar refractivity (Wildman–Crippen MR) is 70.3 cm³/mol. The summed E-state index contributed by atoms with van der Waals surface area (Å²) in [5, 5.41) is 0. The maximum atomic E-state index is 12.4. The molecule has 0 unspecified atom stereocenters. The molecule has 0 saturated heterocycles. The van der Waals surface area contributed by atoms with E-state index in [9.17, 15) is 8.42 Å². The summed E-state index contributed by atoms with van der Waals surface area (Å²) in [6.45, 7) is 8.11. The molecule has 7 heteroatoms. The Kier molecular flexibility index (Phi) is 4.64. The van der Waals surface area contributed by atoms with Crippen molar-refractivity contribution in [2.45, 2.75) is 38.6 Å². The van der Waals surface area contributed by atoms with Crippen LogP contribution in [-0.4, -0.2) is 35.3 Å². The van der Waals surface area contributed by atoms with Gasteiger partial charge in [-0.1, -0.05) is 13.8 Å². The van der Waals surface area contributed by atoms with Crippen molar-refractivity contribution in [2.24, 2.45) is 5.92 Å². The first-order valence-corrected chi connectivity index (χ1v) is 7.28. The summed E-state index contributed by atoms with van der Waals surface area (Å²) in [7, 11) is -3.56. The van der Waals surface area contributed by atoms with Gasteiger partial charge in [-0.25, -0.2) is 18.4 Å². The quantitative estimate of drug-likeness (QED) is 0.867. The lowest BCUT2D eigenvalue weighted by molar-refractivity contribution is 0.318. The van der Waals surface area contributed by atoms with Gasteiger partial charge in [0.1, 0.15) is 4.90 Å². The van der Waals surface area contributed by atoms with Crippen LogP contribution < -0.4 is 5.73 Å². The Balaban J connectivity index is 3.13. The SMILES string of the molecule is CC(C)CN(C(C)C)S(=O)(=O)c1cnc(N)nc1. The zero-order chi connectivity index (χ0) is 13.9. The minimum absolute atomic E-state index is 0.0638. The monoisotopic (exact) mass is 272 g/mol. The van der Waals surface area contributed by atoms with Gasteiger partial charge in [0, 0.05) is 12.6 Å². The molecular weight excluding hydrogens is 252 g/mol. The smallest absolute Gasteiger partial charge is 0.246 e. The van der Waals surface area contributed by atoms with Gasteiger partial charge < -0.3 is 5.73 Å². The standard InChI is InChI=1S/C11H20N4O2S/c1-8(2)7-15(9(3)4)18(16,17)10-5-13-11(12)14-6-10/h5-6,8-9H,7H2,1-4H3,(H2,12,13,14). The second-order valence-corrected chi connectivity index (χ2v) is 6.73. The third-order valence-corrected chi connectivity index (χ3v) is 4.37. The highest BCUT2D eigenvalue weighted by Crippen LogP contribution is 2.18. The van der Waals surface area contributed by atoms with Crippen molar-refractivity contribution in [3.05, 3.63) is 12.4 Å². The fourth-order valence-electron chi connectivity index (χ4n) is 1.54. The van der Waals surface area contributed by atoms with E-state index in [0.29, 0.717) is 6.54 Å². The molecule has 0 aliphatic rings. The molecule has 0 atom stereocenters. The lowest BCUT2D eigenvalue weighted by Crippen LogP contribution is -2.39. The highest BCUT2D eigenvalue weighted by atomic mass is 32.2. The first-order valence-electron chi connectivity index (χ1n) is 5.84. The third-order valence-electron chi connectivity index (χ3n) is 2.38. The minimum atomic E-state index is -3.56. The molecule has 1 aromatic heterocycles. The first kappa shape index (κ1) is 14.8. The summed E-state index contributed by atoms with van der Waals surface area (Å²) in [4.78, 5) is 7.53. The van der Waals surface area contributed by atoms with Crippen molar-refractivity contribution in [3.63, 3.8) is 0 Å². The van der Waals surface area contributed by atoms with Gasteiger partial charge in [0.05, 0.1) is 12.4 Å². The number of nitrogens with two attached hydrogens (primary N) is 1. The molecule has 102 valence electrons. The van der Waals surface area contributed by atoms with Crippen molar-refractivity contribution < 1.29 is 8.42 Å². The highest BCUT2D eigenvalue weighted by molar-refractivity contribution is 7.89. The van der Waals surface area contributed by atoms with Gasteiger partial charge >= 0.3 is 0 Å². The van der Waals surface area contributed by atoms with E-state index in [4.69, 9.17) is 5.73 Å². The molecule has 2 N–H and O–H groups in total. The molecule has 0 aliphatic carbocycles. The van der Waals surface area contributed by atoms with Crippen LogP contribution in [0.15, 0.2) is 17.3 Å². The molecule has 0 bridgehead atoms. The fourth-order valence-corrected chi connectivity index (χ4v) is 3.23. The molecule has 1 rings (SSSR count). The Morgan fingerprint density at radius 1 is 1.22 bits per heavy atom. The van der Waals surface area contributed by atoms with E-state index >= 15 is 0 Å². The van der Waals surface area contributed by atoms with Gasteiger partial charge in [0.15, 0.2) is 0 Å². The molecular formula is C11H20N4O2S. The largest absolute Gasteiger partial charge is 0.368 e. The summed E-state index contributed by atoms with van der Waals surface area (Å²) >= 11 is 0. The number of aromatic nitrogens is 2. The van der Waals surface area contributed by atoms with Crippen LogP contribution in [0.25, 0.3) is 0 Å². The van der Waals surface area contributed by atoms with E-state index in [1.54, 1.807) is 0 Å². The molecule has 0 radical (unpaired) electrons. The van der Waals surface area contributed by atoms with E-state index < -0.39 is 10.0 Å². The van der Waals surface area contributed by atoms with E-state index in [2.05, 4.69) is 9.97 Å². The molecule has 0 saturated carbocycles. The molecule has 0 aliphatic heterocycles. The zero-order valence-electron chi connectivity index (χ0n) is 11.2. The van der Waals surface area contributed by atoms with Crippen molar-refractivity contribution >= 4 is 16.0 Å². The van der Waals surface area contributed by atoms with Gasteiger partial charge in [0.2, 0.25) is 16.0 Å². The summed E-state index contributed by atoms with van der Waals surface area (Å²) in [6, 6.07) is -0.116. The van der Waals surface area contributed by atoms with Crippen molar-refractivity contribution in [3.8, 4) is 0 Å². The zero-order valence-corrected chi connectivity index (χ0v) is 12.0. The topological polar surface area (TPSA) is 89.2 Å². The van der Waals surface area contributed by atoms with Crippen LogP contribution in [0, 0.1) is 5.92 Å². The molecule has 1 heterocycles. The van der Waals surface area contributed by atoms with Crippen molar-refractivity contribution in [1.82, 2.24) is 14.3 Å². The minimum Gasteiger partial charge on any atom is -0.368 e. The van der Waals surface area contributed by atoms with E-state index in [0.717, 1.165) is 0 Å². The van der Waals surface area contributed by atoms with E-state index in [-0.39, 0.29) is 22.8 Å². The third kappa shape index (κ3) is 3.39. The van der Waals surface area contributed by atoms with Crippen LogP contribution in [0.2, 0.25) is 0 Å². The second-order valence-electron chi connectivity index (χ2n) is 4.84. The predicted octanol–water partition coefficient (Wildman–Crippen LogP) is 1.11. The lowest BCUT2D eigenvalue weighted by Gasteiger charge is -2.27. The maximum absolute atomic E-state index is 12.4. The van der Waals surface area contributed by atoms with Crippen molar-refractivity contribution in [1.29, 1.82) is 0 Å².